The average Bonchev–Trinajstić information content (AvgIpc) is 2.77. The first-order chi connectivity index (χ1) is 8.24. The fraction of sp³-hybridized carbons (Fsp3) is 1.00. The van der Waals surface area contributed by atoms with E-state index < -0.39 is 36.0 Å². The molecule has 2 heterocycles. The molecule has 106 valence electrons. The second-order valence-electron chi connectivity index (χ2n) is 5.68. The molecule has 0 amide bonds. The van der Waals surface area contributed by atoms with Crippen molar-refractivity contribution in [2.24, 2.45) is 0 Å². The van der Waals surface area contributed by atoms with E-state index in [4.69, 9.17) is 18.9 Å². The van der Waals surface area contributed by atoms with Gasteiger partial charge in [-0.15, -0.1) is 0 Å². The monoisotopic (exact) mass is 262 g/mol. The fourth-order valence-corrected chi connectivity index (χ4v) is 2.39. The van der Waals surface area contributed by atoms with Crippen molar-refractivity contribution in [3.63, 3.8) is 0 Å². The summed E-state index contributed by atoms with van der Waals surface area (Å²) in [7, 11) is 0. The Labute approximate surface area is 107 Å². The van der Waals surface area contributed by atoms with Gasteiger partial charge < -0.3 is 29.2 Å². The molecule has 2 fully saturated rings. The molecule has 0 unspecified atom stereocenters. The van der Waals surface area contributed by atoms with Crippen LogP contribution in [0.1, 0.15) is 27.7 Å². The zero-order chi connectivity index (χ0) is 13.6. The lowest BCUT2D eigenvalue weighted by Gasteiger charge is -2.26. The standard InChI is InChI=1S/C12H22O6/c1-11(2)15-6-8(17-11)9(14)10-7(5-13)16-12(3,4)18-10/h7-10,13-14H,5-6H2,1-4H3/t7-,8+,9-,10+/m1/s1. The van der Waals surface area contributed by atoms with Crippen molar-refractivity contribution in [3.05, 3.63) is 0 Å². The maximum absolute atomic E-state index is 10.3. The number of hydrogen-bond acceptors (Lipinski definition) is 6. The van der Waals surface area contributed by atoms with Crippen LogP contribution >= 0.6 is 0 Å². The number of aliphatic hydroxyl groups is 2. The predicted molar refractivity (Wildman–Crippen MR) is 61.8 cm³/mol. The van der Waals surface area contributed by atoms with E-state index in [1.165, 1.54) is 0 Å². The molecule has 0 bridgehead atoms. The minimum absolute atomic E-state index is 0.206. The van der Waals surface area contributed by atoms with Gasteiger partial charge in [-0.1, -0.05) is 0 Å². The smallest absolute Gasteiger partial charge is 0.164 e. The SMILES string of the molecule is CC1(C)OC[C@@H]([C@@H](O)[C@H]2OC(C)(C)O[C@@H]2CO)O1. The van der Waals surface area contributed by atoms with Gasteiger partial charge in [0.2, 0.25) is 0 Å². The van der Waals surface area contributed by atoms with Crippen molar-refractivity contribution in [2.45, 2.75) is 63.7 Å². The Morgan fingerprint density at radius 1 is 1.11 bits per heavy atom. The van der Waals surface area contributed by atoms with Crippen LogP contribution in [0.5, 0.6) is 0 Å². The maximum Gasteiger partial charge on any atom is 0.164 e. The first kappa shape index (κ1) is 14.2. The van der Waals surface area contributed by atoms with Gasteiger partial charge in [0, 0.05) is 0 Å². The quantitative estimate of drug-likeness (QED) is 0.746. The Balaban J connectivity index is 2.02. The van der Waals surface area contributed by atoms with Gasteiger partial charge in [-0.3, -0.25) is 0 Å². The van der Waals surface area contributed by atoms with Gasteiger partial charge in [-0.25, -0.2) is 0 Å². The summed E-state index contributed by atoms with van der Waals surface area (Å²) in [6, 6.07) is 0. The van der Waals surface area contributed by atoms with Crippen molar-refractivity contribution in [1.82, 2.24) is 0 Å². The maximum atomic E-state index is 10.3. The van der Waals surface area contributed by atoms with Crippen LogP contribution < -0.4 is 0 Å². The number of aliphatic hydroxyl groups excluding tert-OH is 2. The molecule has 2 saturated heterocycles. The highest BCUT2D eigenvalue weighted by Gasteiger charge is 2.49. The molecule has 0 saturated carbocycles. The van der Waals surface area contributed by atoms with E-state index in [1.807, 2.05) is 0 Å². The van der Waals surface area contributed by atoms with Crippen molar-refractivity contribution in [1.29, 1.82) is 0 Å². The topological polar surface area (TPSA) is 77.4 Å². The zero-order valence-electron chi connectivity index (χ0n) is 11.3. The minimum atomic E-state index is -0.898. The largest absolute Gasteiger partial charge is 0.394 e. The van der Waals surface area contributed by atoms with Crippen LogP contribution in [0.3, 0.4) is 0 Å². The molecule has 6 nitrogen and oxygen atoms in total. The Hall–Kier alpha value is -0.240. The summed E-state index contributed by atoms with van der Waals surface area (Å²) in [5.74, 6) is -1.51. The zero-order valence-corrected chi connectivity index (χ0v) is 11.3. The van der Waals surface area contributed by atoms with Crippen LogP contribution in [0, 0.1) is 0 Å². The van der Waals surface area contributed by atoms with E-state index in [2.05, 4.69) is 0 Å². The molecular formula is C12H22O6. The summed E-state index contributed by atoms with van der Waals surface area (Å²) in [5.41, 5.74) is 0. The molecule has 2 N–H and O–H groups in total. The van der Waals surface area contributed by atoms with Crippen molar-refractivity contribution in [2.75, 3.05) is 13.2 Å². The molecule has 2 rings (SSSR count). The van der Waals surface area contributed by atoms with Gasteiger partial charge >= 0.3 is 0 Å². The number of ether oxygens (including phenoxy) is 4. The third-order valence-corrected chi connectivity index (χ3v) is 3.15. The Morgan fingerprint density at radius 3 is 2.28 bits per heavy atom. The summed E-state index contributed by atoms with van der Waals surface area (Å²) in [5, 5.41) is 19.6. The van der Waals surface area contributed by atoms with Crippen molar-refractivity contribution < 1.29 is 29.2 Å². The van der Waals surface area contributed by atoms with E-state index in [1.54, 1.807) is 27.7 Å². The van der Waals surface area contributed by atoms with E-state index in [0.717, 1.165) is 0 Å². The van der Waals surface area contributed by atoms with Crippen LogP contribution in [0.15, 0.2) is 0 Å². The molecule has 6 heteroatoms. The summed E-state index contributed by atoms with van der Waals surface area (Å²) < 4.78 is 22.1. The lowest BCUT2D eigenvalue weighted by molar-refractivity contribution is -0.178. The molecule has 2 aliphatic heterocycles. The third-order valence-electron chi connectivity index (χ3n) is 3.15. The Bertz CT molecular complexity index is 303. The molecule has 0 radical (unpaired) electrons. The van der Waals surface area contributed by atoms with Crippen LogP contribution in [0.25, 0.3) is 0 Å². The van der Waals surface area contributed by atoms with Gasteiger partial charge in [0.05, 0.1) is 13.2 Å². The van der Waals surface area contributed by atoms with E-state index in [-0.39, 0.29) is 6.61 Å². The molecule has 18 heavy (non-hydrogen) atoms. The van der Waals surface area contributed by atoms with Gasteiger partial charge in [0.1, 0.15) is 24.4 Å². The van der Waals surface area contributed by atoms with Gasteiger partial charge in [0.15, 0.2) is 11.6 Å². The molecule has 0 aromatic heterocycles. The molecule has 0 aromatic rings. The summed E-state index contributed by atoms with van der Waals surface area (Å²) in [6.45, 7) is 7.17. The molecular weight excluding hydrogens is 240 g/mol. The van der Waals surface area contributed by atoms with Crippen LogP contribution in [0.2, 0.25) is 0 Å². The summed E-state index contributed by atoms with van der Waals surface area (Å²) in [4.78, 5) is 0. The average molecular weight is 262 g/mol. The third kappa shape index (κ3) is 2.84. The minimum Gasteiger partial charge on any atom is -0.394 e. The lowest BCUT2D eigenvalue weighted by Crippen LogP contribution is -2.45. The van der Waals surface area contributed by atoms with Crippen LogP contribution in [-0.4, -0.2) is 59.4 Å². The fourth-order valence-electron chi connectivity index (χ4n) is 2.39. The van der Waals surface area contributed by atoms with Gasteiger partial charge in [0.25, 0.3) is 0 Å². The normalized spacial score (nSPS) is 40.0. The van der Waals surface area contributed by atoms with E-state index in [0.29, 0.717) is 6.61 Å². The van der Waals surface area contributed by atoms with Gasteiger partial charge in [-0.2, -0.15) is 0 Å². The van der Waals surface area contributed by atoms with Crippen LogP contribution in [0.4, 0.5) is 0 Å². The van der Waals surface area contributed by atoms with Crippen molar-refractivity contribution >= 4 is 0 Å². The predicted octanol–water partition coefficient (Wildman–Crippen LogP) is 0.0112. The van der Waals surface area contributed by atoms with Crippen molar-refractivity contribution in [3.8, 4) is 0 Å². The summed E-state index contributed by atoms with van der Waals surface area (Å²) >= 11 is 0. The lowest BCUT2D eigenvalue weighted by atomic mass is 10.0. The molecule has 2 aliphatic rings. The Kier molecular flexibility index (Phi) is 3.70. The molecule has 0 spiro atoms. The second kappa shape index (κ2) is 4.70. The Morgan fingerprint density at radius 2 is 1.78 bits per heavy atom. The van der Waals surface area contributed by atoms with E-state index >= 15 is 0 Å². The molecule has 0 aliphatic carbocycles. The first-order valence-electron chi connectivity index (χ1n) is 6.20. The van der Waals surface area contributed by atoms with E-state index in [9.17, 15) is 10.2 Å². The molecule has 4 atom stereocenters. The molecule has 0 aromatic carbocycles. The van der Waals surface area contributed by atoms with Crippen LogP contribution in [-0.2, 0) is 18.9 Å². The number of rotatable bonds is 3. The first-order valence-corrected chi connectivity index (χ1v) is 6.20. The highest BCUT2D eigenvalue weighted by Crippen LogP contribution is 2.33. The second-order valence-corrected chi connectivity index (χ2v) is 5.68. The summed E-state index contributed by atoms with van der Waals surface area (Å²) in [6.07, 6.45) is -2.54. The van der Waals surface area contributed by atoms with Gasteiger partial charge in [-0.05, 0) is 27.7 Å². The highest BCUT2D eigenvalue weighted by atomic mass is 16.8. The number of hydrogen-bond donors (Lipinski definition) is 2. The highest BCUT2D eigenvalue weighted by molar-refractivity contribution is 4.91.